The molecule has 0 aliphatic rings. The second kappa shape index (κ2) is 5.95. The van der Waals surface area contributed by atoms with Crippen molar-refractivity contribution in [3.8, 4) is 5.75 Å². The standard InChI is InChI=1S/C13H16O3/c1-4-7-11-8-5-6-9-12(11)16-10(2)13(14)15-3/h4-6,8-10H,1,7H2,2-3H3/t10-/m0/s1. The average Bonchev–Trinajstić information content (AvgIpc) is 2.31. The van der Waals surface area contributed by atoms with Gasteiger partial charge in [-0.1, -0.05) is 24.3 Å². The molecule has 1 aromatic rings. The smallest absolute Gasteiger partial charge is 0.346 e. The summed E-state index contributed by atoms with van der Waals surface area (Å²) in [6.07, 6.45) is 1.91. The van der Waals surface area contributed by atoms with E-state index in [-0.39, 0.29) is 5.97 Å². The molecular weight excluding hydrogens is 204 g/mol. The number of benzene rings is 1. The van der Waals surface area contributed by atoms with Gasteiger partial charge < -0.3 is 9.47 Å². The van der Waals surface area contributed by atoms with Crippen molar-refractivity contribution in [1.29, 1.82) is 0 Å². The number of methoxy groups -OCH3 is 1. The van der Waals surface area contributed by atoms with Crippen molar-refractivity contribution in [3.63, 3.8) is 0 Å². The summed E-state index contributed by atoms with van der Waals surface area (Å²) in [6, 6.07) is 7.57. The number of allylic oxidation sites excluding steroid dienone is 1. The van der Waals surface area contributed by atoms with Crippen LogP contribution < -0.4 is 4.74 Å². The van der Waals surface area contributed by atoms with Crippen molar-refractivity contribution in [1.82, 2.24) is 0 Å². The fourth-order valence-corrected chi connectivity index (χ4v) is 1.35. The van der Waals surface area contributed by atoms with Gasteiger partial charge in [0, 0.05) is 0 Å². The predicted molar refractivity (Wildman–Crippen MR) is 62.4 cm³/mol. The van der Waals surface area contributed by atoms with Gasteiger partial charge in [-0.25, -0.2) is 4.79 Å². The van der Waals surface area contributed by atoms with Gasteiger partial charge in [-0.15, -0.1) is 6.58 Å². The molecule has 0 saturated carbocycles. The van der Waals surface area contributed by atoms with Crippen LogP contribution in [0.3, 0.4) is 0 Å². The van der Waals surface area contributed by atoms with E-state index in [1.165, 1.54) is 7.11 Å². The lowest BCUT2D eigenvalue weighted by atomic mass is 10.1. The van der Waals surface area contributed by atoms with Crippen molar-refractivity contribution in [2.45, 2.75) is 19.4 Å². The van der Waals surface area contributed by atoms with Gasteiger partial charge >= 0.3 is 5.97 Å². The Bertz CT molecular complexity index is 371. The molecule has 86 valence electrons. The van der Waals surface area contributed by atoms with E-state index < -0.39 is 6.10 Å². The van der Waals surface area contributed by atoms with E-state index in [0.29, 0.717) is 12.2 Å². The Kier molecular flexibility index (Phi) is 4.58. The highest BCUT2D eigenvalue weighted by Crippen LogP contribution is 2.20. The lowest BCUT2D eigenvalue weighted by molar-refractivity contribution is -0.147. The maximum atomic E-state index is 11.2. The number of para-hydroxylation sites is 1. The molecule has 1 aromatic carbocycles. The highest BCUT2D eigenvalue weighted by molar-refractivity contribution is 5.74. The van der Waals surface area contributed by atoms with Crippen LogP contribution in [0, 0.1) is 0 Å². The minimum absolute atomic E-state index is 0.381. The summed E-state index contributed by atoms with van der Waals surface area (Å²) >= 11 is 0. The zero-order valence-electron chi connectivity index (χ0n) is 9.60. The first kappa shape index (κ1) is 12.3. The summed E-state index contributed by atoms with van der Waals surface area (Å²) in [7, 11) is 1.35. The molecule has 0 aromatic heterocycles. The van der Waals surface area contributed by atoms with Crippen molar-refractivity contribution in [2.24, 2.45) is 0 Å². The van der Waals surface area contributed by atoms with E-state index in [1.54, 1.807) is 13.0 Å². The van der Waals surface area contributed by atoms with Crippen LogP contribution in [0.2, 0.25) is 0 Å². The SMILES string of the molecule is C=CCc1ccccc1O[C@@H](C)C(=O)OC. The van der Waals surface area contributed by atoms with Gasteiger partial charge in [-0.2, -0.15) is 0 Å². The Balaban J connectivity index is 2.79. The molecule has 0 bridgehead atoms. The molecule has 0 radical (unpaired) electrons. The summed E-state index contributed by atoms with van der Waals surface area (Å²) in [4.78, 5) is 11.2. The van der Waals surface area contributed by atoms with Gasteiger partial charge in [0.1, 0.15) is 5.75 Å². The number of hydrogen-bond acceptors (Lipinski definition) is 3. The van der Waals surface area contributed by atoms with E-state index in [4.69, 9.17) is 4.74 Å². The first-order valence-corrected chi connectivity index (χ1v) is 5.12. The summed E-state index contributed by atoms with van der Waals surface area (Å²) in [5, 5.41) is 0. The van der Waals surface area contributed by atoms with Gasteiger partial charge in [-0.3, -0.25) is 0 Å². The van der Waals surface area contributed by atoms with Crippen LogP contribution in [0.25, 0.3) is 0 Å². The minimum atomic E-state index is -0.601. The monoisotopic (exact) mass is 220 g/mol. The van der Waals surface area contributed by atoms with Crippen LogP contribution in [0.15, 0.2) is 36.9 Å². The topological polar surface area (TPSA) is 35.5 Å². The molecule has 16 heavy (non-hydrogen) atoms. The summed E-state index contributed by atoms with van der Waals surface area (Å²) in [5.74, 6) is 0.314. The van der Waals surface area contributed by atoms with Crippen molar-refractivity contribution in [2.75, 3.05) is 7.11 Å². The first-order valence-electron chi connectivity index (χ1n) is 5.12. The predicted octanol–water partition coefficient (Wildman–Crippen LogP) is 2.36. The van der Waals surface area contributed by atoms with Gasteiger partial charge in [0.25, 0.3) is 0 Å². The van der Waals surface area contributed by atoms with E-state index in [0.717, 1.165) is 5.56 Å². The Hall–Kier alpha value is -1.77. The highest BCUT2D eigenvalue weighted by atomic mass is 16.6. The van der Waals surface area contributed by atoms with E-state index in [1.807, 2.05) is 24.3 Å². The molecule has 0 N–H and O–H groups in total. The van der Waals surface area contributed by atoms with E-state index in [9.17, 15) is 4.79 Å². The molecule has 0 amide bonds. The number of carbonyl (C=O) groups excluding carboxylic acids is 1. The van der Waals surface area contributed by atoms with Crippen LogP contribution in [0.1, 0.15) is 12.5 Å². The molecule has 0 spiro atoms. The Labute approximate surface area is 95.7 Å². The van der Waals surface area contributed by atoms with Crippen LogP contribution in [0.4, 0.5) is 0 Å². The van der Waals surface area contributed by atoms with Crippen LogP contribution in [-0.4, -0.2) is 19.2 Å². The molecule has 1 rings (SSSR count). The molecule has 0 aliphatic carbocycles. The number of ether oxygens (including phenoxy) is 2. The largest absolute Gasteiger partial charge is 0.479 e. The summed E-state index contributed by atoms with van der Waals surface area (Å²) in [5.41, 5.74) is 1.01. The van der Waals surface area contributed by atoms with E-state index >= 15 is 0 Å². The minimum Gasteiger partial charge on any atom is -0.479 e. The molecule has 0 fully saturated rings. The average molecular weight is 220 g/mol. The van der Waals surface area contributed by atoms with Gasteiger partial charge in [-0.05, 0) is 25.0 Å². The molecule has 3 nitrogen and oxygen atoms in total. The Morgan fingerprint density at radius 3 is 2.81 bits per heavy atom. The third kappa shape index (κ3) is 3.12. The Morgan fingerprint density at radius 1 is 1.50 bits per heavy atom. The quantitative estimate of drug-likeness (QED) is 0.564. The third-order valence-corrected chi connectivity index (χ3v) is 2.17. The third-order valence-electron chi connectivity index (χ3n) is 2.17. The van der Waals surface area contributed by atoms with Gasteiger partial charge in [0.15, 0.2) is 6.10 Å². The van der Waals surface area contributed by atoms with Crippen LogP contribution >= 0.6 is 0 Å². The summed E-state index contributed by atoms with van der Waals surface area (Å²) < 4.78 is 10.1. The molecule has 3 heteroatoms. The number of esters is 1. The molecule has 0 aliphatic heterocycles. The second-order valence-electron chi connectivity index (χ2n) is 3.38. The molecular formula is C13H16O3. The van der Waals surface area contributed by atoms with Crippen LogP contribution in [-0.2, 0) is 16.0 Å². The maximum absolute atomic E-state index is 11.2. The number of rotatable bonds is 5. The normalized spacial score (nSPS) is 11.6. The van der Waals surface area contributed by atoms with E-state index in [2.05, 4.69) is 11.3 Å². The van der Waals surface area contributed by atoms with Crippen molar-refractivity contribution >= 4 is 5.97 Å². The van der Waals surface area contributed by atoms with Crippen molar-refractivity contribution in [3.05, 3.63) is 42.5 Å². The van der Waals surface area contributed by atoms with Gasteiger partial charge in [0.05, 0.1) is 7.11 Å². The fraction of sp³-hybridized carbons (Fsp3) is 0.308. The fourth-order valence-electron chi connectivity index (χ4n) is 1.35. The molecule has 1 atom stereocenters. The zero-order valence-corrected chi connectivity index (χ0v) is 9.60. The highest BCUT2D eigenvalue weighted by Gasteiger charge is 2.15. The first-order chi connectivity index (χ1) is 7.69. The van der Waals surface area contributed by atoms with Crippen LogP contribution in [0.5, 0.6) is 5.75 Å². The lowest BCUT2D eigenvalue weighted by Crippen LogP contribution is -2.25. The second-order valence-corrected chi connectivity index (χ2v) is 3.38. The number of carbonyl (C=O) groups is 1. The van der Waals surface area contributed by atoms with Crippen molar-refractivity contribution < 1.29 is 14.3 Å². The maximum Gasteiger partial charge on any atom is 0.346 e. The molecule has 0 unspecified atom stereocenters. The molecule has 0 heterocycles. The lowest BCUT2D eigenvalue weighted by Gasteiger charge is -2.14. The number of hydrogen-bond donors (Lipinski definition) is 0. The zero-order chi connectivity index (χ0) is 12.0. The molecule has 0 saturated heterocycles. The summed E-state index contributed by atoms with van der Waals surface area (Å²) in [6.45, 7) is 5.34. The van der Waals surface area contributed by atoms with Gasteiger partial charge in [0.2, 0.25) is 0 Å². The Morgan fingerprint density at radius 2 is 2.19 bits per heavy atom.